The van der Waals surface area contributed by atoms with E-state index in [1.165, 1.54) is 32.4 Å². The smallest absolute Gasteiger partial charge is 0.337 e. The SMILES string of the molecule is COC(=O)c1cccc(C(=O)NC(=S)N(C)C2CCCCC2)c1. The maximum absolute atomic E-state index is 12.3. The Morgan fingerprint density at radius 1 is 1.22 bits per heavy atom. The molecule has 0 bridgehead atoms. The largest absolute Gasteiger partial charge is 0.465 e. The lowest BCUT2D eigenvalue weighted by Gasteiger charge is -2.32. The molecule has 0 saturated heterocycles. The lowest BCUT2D eigenvalue weighted by molar-refractivity contribution is 0.0600. The van der Waals surface area contributed by atoms with Crippen LogP contribution < -0.4 is 5.32 Å². The first kappa shape index (κ1) is 17.4. The molecule has 1 amide bonds. The molecule has 0 aromatic heterocycles. The minimum absolute atomic E-state index is 0.316. The predicted octanol–water partition coefficient (Wildman–Crippen LogP) is 2.75. The van der Waals surface area contributed by atoms with Gasteiger partial charge < -0.3 is 9.64 Å². The van der Waals surface area contributed by atoms with Gasteiger partial charge in [0, 0.05) is 18.7 Å². The number of nitrogens with one attached hydrogen (secondary N) is 1. The van der Waals surface area contributed by atoms with Crippen molar-refractivity contribution in [2.24, 2.45) is 0 Å². The minimum atomic E-state index is -0.471. The predicted molar refractivity (Wildman–Crippen MR) is 92.5 cm³/mol. The number of nitrogens with zero attached hydrogens (tertiary/aromatic N) is 1. The molecule has 0 unspecified atom stereocenters. The number of ether oxygens (including phenoxy) is 1. The van der Waals surface area contributed by atoms with Crippen LogP contribution >= 0.6 is 12.2 Å². The van der Waals surface area contributed by atoms with E-state index in [9.17, 15) is 9.59 Å². The molecule has 0 spiro atoms. The van der Waals surface area contributed by atoms with Crippen LogP contribution in [0.15, 0.2) is 24.3 Å². The van der Waals surface area contributed by atoms with Gasteiger partial charge in [-0.2, -0.15) is 0 Å². The first-order valence-electron chi connectivity index (χ1n) is 7.79. The van der Waals surface area contributed by atoms with E-state index in [4.69, 9.17) is 12.2 Å². The van der Waals surface area contributed by atoms with Crippen molar-refractivity contribution < 1.29 is 14.3 Å². The average molecular weight is 334 g/mol. The summed E-state index contributed by atoms with van der Waals surface area (Å²) in [7, 11) is 3.23. The Kier molecular flexibility index (Phi) is 6.10. The third kappa shape index (κ3) is 4.51. The van der Waals surface area contributed by atoms with E-state index >= 15 is 0 Å². The molecular formula is C17H22N2O3S. The van der Waals surface area contributed by atoms with Crippen LogP contribution in [0.25, 0.3) is 0 Å². The molecule has 2 rings (SSSR count). The molecule has 5 nitrogen and oxygen atoms in total. The van der Waals surface area contributed by atoms with Gasteiger partial charge in [0.2, 0.25) is 0 Å². The molecule has 1 aliphatic rings. The Labute approximate surface area is 142 Å². The third-order valence-corrected chi connectivity index (χ3v) is 4.60. The fourth-order valence-electron chi connectivity index (χ4n) is 2.80. The second-order valence-electron chi connectivity index (χ2n) is 5.73. The topological polar surface area (TPSA) is 58.6 Å². The number of amides is 1. The Bertz CT molecular complexity index is 597. The highest BCUT2D eigenvalue weighted by Gasteiger charge is 2.21. The summed E-state index contributed by atoms with van der Waals surface area (Å²) in [6, 6.07) is 6.79. The monoisotopic (exact) mass is 334 g/mol. The zero-order valence-electron chi connectivity index (χ0n) is 13.5. The van der Waals surface area contributed by atoms with Crippen LogP contribution in [0, 0.1) is 0 Å². The Morgan fingerprint density at radius 2 is 1.87 bits per heavy atom. The van der Waals surface area contributed by atoms with Crippen LogP contribution in [0.3, 0.4) is 0 Å². The van der Waals surface area contributed by atoms with Gasteiger partial charge >= 0.3 is 5.97 Å². The van der Waals surface area contributed by atoms with E-state index in [2.05, 4.69) is 10.1 Å². The lowest BCUT2D eigenvalue weighted by Crippen LogP contribution is -2.46. The molecule has 0 radical (unpaired) electrons. The molecule has 124 valence electrons. The fourth-order valence-corrected chi connectivity index (χ4v) is 3.04. The molecule has 6 heteroatoms. The van der Waals surface area contributed by atoms with Crippen LogP contribution in [-0.4, -0.2) is 42.1 Å². The molecule has 1 aromatic rings. The Hall–Kier alpha value is -1.95. The minimum Gasteiger partial charge on any atom is -0.465 e. The first-order chi connectivity index (χ1) is 11.0. The van der Waals surface area contributed by atoms with Crippen molar-refractivity contribution in [3.05, 3.63) is 35.4 Å². The second-order valence-corrected chi connectivity index (χ2v) is 6.12. The highest BCUT2D eigenvalue weighted by Crippen LogP contribution is 2.21. The normalized spacial score (nSPS) is 14.9. The summed E-state index contributed by atoms with van der Waals surface area (Å²) in [5, 5.41) is 3.17. The summed E-state index contributed by atoms with van der Waals surface area (Å²) in [6.45, 7) is 0. The van der Waals surface area contributed by atoms with Gasteiger partial charge in [-0.05, 0) is 43.3 Å². The van der Waals surface area contributed by atoms with Crippen molar-refractivity contribution in [2.45, 2.75) is 38.1 Å². The van der Waals surface area contributed by atoms with Crippen molar-refractivity contribution in [2.75, 3.05) is 14.2 Å². The molecule has 1 aromatic carbocycles. The van der Waals surface area contributed by atoms with Gasteiger partial charge in [0.1, 0.15) is 0 Å². The zero-order chi connectivity index (χ0) is 16.8. The van der Waals surface area contributed by atoms with Crippen molar-refractivity contribution in [1.82, 2.24) is 10.2 Å². The van der Waals surface area contributed by atoms with Crippen molar-refractivity contribution in [1.29, 1.82) is 0 Å². The molecule has 1 fully saturated rings. The number of benzene rings is 1. The maximum Gasteiger partial charge on any atom is 0.337 e. The van der Waals surface area contributed by atoms with Gasteiger partial charge in [-0.3, -0.25) is 10.1 Å². The van der Waals surface area contributed by atoms with E-state index in [0.717, 1.165) is 12.8 Å². The third-order valence-electron chi connectivity index (χ3n) is 4.21. The molecule has 1 saturated carbocycles. The molecule has 23 heavy (non-hydrogen) atoms. The van der Waals surface area contributed by atoms with E-state index in [1.54, 1.807) is 18.2 Å². The van der Waals surface area contributed by atoms with Gasteiger partial charge in [-0.15, -0.1) is 0 Å². The molecule has 0 aliphatic heterocycles. The van der Waals surface area contributed by atoms with E-state index in [0.29, 0.717) is 22.3 Å². The molecule has 1 N–H and O–H groups in total. The quantitative estimate of drug-likeness (QED) is 0.680. The summed E-state index contributed by atoms with van der Waals surface area (Å²) >= 11 is 5.34. The van der Waals surface area contributed by atoms with Crippen molar-refractivity contribution in [3.63, 3.8) is 0 Å². The number of rotatable bonds is 3. The van der Waals surface area contributed by atoms with Crippen LogP contribution in [0.5, 0.6) is 0 Å². The van der Waals surface area contributed by atoms with Crippen LogP contribution in [0.1, 0.15) is 52.8 Å². The van der Waals surface area contributed by atoms with Gasteiger partial charge in [0.25, 0.3) is 5.91 Å². The highest BCUT2D eigenvalue weighted by molar-refractivity contribution is 7.80. The van der Waals surface area contributed by atoms with Gasteiger partial charge in [-0.1, -0.05) is 25.3 Å². The van der Waals surface area contributed by atoms with E-state index in [-0.39, 0.29) is 5.91 Å². The number of esters is 1. The standard InChI is InChI=1S/C17H22N2O3S/c1-19(14-9-4-3-5-10-14)17(23)18-15(20)12-7-6-8-13(11-12)16(21)22-2/h6-8,11,14H,3-5,9-10H2,1-2H3,(H,18,20,23). The summed E-state index contributed by atoms with van der Waals surface area (Å²) in [6.07, 6.45) is 5.87. The second kappa shape index (κ2) is 8.06. The number of thiocarbonyl (C=S) groups is 1. The summed E-state index contributed by atoms with van der Waals surface area (Å²) in [5.41, 5.74) is 0.721. The van der Waals surface area contributed by atoms with E-state index < -0.39 is 5.97 Å². The maximum atomic E-state index is 12.3. The van der Waals surface area contributed by atoms with Gasteiger partial charge in [-0.25, -0.2) is 4.79 Å². The molecule has 1 aliphatic carbocycles. The van der Waals surface area contributed by atoms with Crippen molar-refractivity contribution >= 4 is 29.2 Å². The van der Waals surface area contributed by atoms with Crippen LogP contribution in [0.4, 0.5) is 0 Å². The number of methoxy groups -OCH3 is 1. The number of carbonyl (C=O) groups excluding carboxylic acids is 2. The highest BCUT2D eigenvalue weighted by atomic mass is 32.1. The number of carbonyl (C=O) groups is 2. The molecule has 0 heterocycles. The van der Waals surface area contributed by atoms with Gasteiger partial charge in [0.05, 0.1) is 12.7 Å². The summed E-state index contributed by atoms with van der Waals surface area (Å²) in [4.78, 5) is 25.8. The van der Waals surface area contributed by atoms with Crippen molar-refractivity contribution in [3.8, 4) is 0 Å². The average Bonchev–Trinajstić information content (AvgIpc) is 2.61. The first-order valence-corrected chi connectivity index (χ1v) is 8.20. The number of hydrogen-bond acceptors (Lipinski definition) is 4. The van der Waals surface area contributed by atoms with Gasteiger partial charge in [0.15, 0.2) is 5.11 Å². The van der Waals surface area contributed by atoms with E-state index in [1.807, 2.05) is 11.9 Å². The van der Waals surface area contributed by atoms with Crippen LogP contribution in [0.2, 0.25) is 0 Å². The lowest BCUT2D eigenvalue weighted by atomic mass is 9.95. The Morgan fingerprint density at radius 3 is 2.52 bits per heavy atom. The number of hydrogen-bond donors (Lipinski definition) is 1. The van der Waals surface area contributed by atoms with Crippen LogP contribution in [-0.2, 0) is 4.74 Å². The fraction of sp³-hybridized carbons (Fsp3) is 0.471. The zero-order valence-corrected chi connectivity index (χ0v) is 14.3. The summed E-state index contributed by atoms with van der Waals surface area (Å²) < 4.78 is 4.66. The Balaban J connectivity index is 2.00. The molecular weight excluding hydrogens is 312 g/mol. The molecule has 0 atom stereocenters. The summed E-state index contributed by atoms with van der Waals surface area (Å²) in [5.74, 6) is -0.787.